The van der Waals surface area contributed by atoms with Gasteiger partial charge in [0, 0.05) is 0 Å². The maximum Gasteiger partial charge on any atom is 0.337 e. The summed E-state index contributed by atoms with van der Waals surface area (Å²) < 4.78 is 29.8. The first-order chi connectivity index (χ1) is 11.5. The third-order valence-corrected chi connectivity index (χ3v) is 5.57. The van der Waals surface area contributed by atoms with Gasteiger partial charge in [0.25, 0.3) is 21.9 Å². The van der Waals surface area contributed by atoms with Gasteiger partial charge in [-0.1, -0.05) is 12.1 Å². The zero-order chi connectivity index (χ0) is 18.9. The van der Waals surface area contributed by atoms with Gasteiger partial charge in [0.05, 0.1) is 17.7 Å². The number of hydrogen-bond acceptors (Lipinski definition) is 6. The second-order valence-electron chi connectivity index (χ2n) is 4.99. The van der Waals surface area contributed by atoms with Crippen molar-refractivity contribution in [2.75, 3.05) is 5.32 Å². The number of imide groups is 1. The van der Waals surface area contributed by atoms with Gasteiger partial charge in [0.1, 0.15) is 0 Å². The van der Waals surface area contributed by atoms with Gasteiger partial charge in [-0.25, -0.2) is 4.79 Å². The Kier molecular flexibility index (Phi) is 5.43. The molecule has 3 N–H and O–H groups in total. The molecular formula is C13H11IN2O8S. The SMILES string of the molecule is O=C(O)c1ccccc1NC(=O)C(I)N1C(=O)CC(S(=O)(=O)O)C1=O. The number of halogens is 1. The molecule has 0 radical (unpaired) electrons. The second kappa shape index (κ2) is 7.05. The quantitative estimate of drug-likeness (QED) is 0.175. The number of carbonyl (C=O) groups is 4. The number of nitrogens with zero attached hydrogens (tertiary/aromatic N) is 1. The molecule has 2 unspecified atom stereocenters. The third kappa shape index (κ3) is 3.96. The Morgan fingerprint density at radius 2 is 1.88 bits per heavy atom. The van der Waals surface area contributed by atoms with Crippen LogP contribution >= 0.6 is 22.6 Å². The summed E-state index contributed by atoms with van der Waals surface area (Å²) in [5.41, 5.74) is -0.249. The molecule has 1 aliphatic heterocycles. The molecule has 0 spiro atoms. The fraction of sp³-hybridized carbons (Fsp3) is 0.231. The van der Waals surface area contributed by atoms with E-state index in [1.165, 1.54) is 46.9 Å². The molecule has 12 heteroatoms. The fourth-order valence-corrected chi connectivity index (χ4v) is 3.64. The van der Waals surface area contributed by atoms with Crippen LogP contribution in [0.5, 0.6) is 0 Å². The van der Waals surface area contributed by atoms with Crippen molar-refractivity contribution in [2.24, 2.45) is 0 Å². The number of benzene rings is 1. The number of amides is 3. The third-order valence-electron chi connectivity index (χ3n) is 3.36. The largest absolute Gasteiger partial charge is 0.478 e. The predicted molar refractivity (Wildman–Crippen MR) is 91.6 cm³/mol. The molecule has 1 aromatic carbocycles. The summed E-state index contributed by atoms with van der Waals surface area (Å²) in [6.45, 7) is 0. The summed E-state index contributed by atoms with van der Waals surface area (Å²) in [6.07, 6.45) is -0.768. The maximum atomic E-state index is 12.3. The minimum Gasteiger partial charge on any atom is -0.478 e. The van der Waals surface area contributed by atoms with Crippen LogP contribution in [-0.2, 0) is 24.5 Å². The molecular weight excluding hydrogens is 471 g/mol. The Labute approximate surface area is 155 Å². The van der Waals surface area contributed by atoms with E-state index in [-0.39, 0.29) is 11.3 Å². The van der Waals surface area contributed by atoms with E-state index in [0.29, 0.717) is 4.90 Å². The van der Waals surface area contributed by atoms with Crippen molar-refractivity contribution >= 4 is 62.1 Å². The van der Waals surface area contributed by atoms with Crippen molar-refractivity contribution in [3.8, 4) is 0 Å². The van der Waals surface area contributed by atoms with Crippen LogP contribution in [0.4, 0.5) is 5.69 Å². The number of nitrogens with one attached hydrogen (secondary N) is 1. The molecule has 2 rings (SSSR count). The molecule has 1 saturated heterocycles. The van der Waals surface area contributed by atoms with E-state index in [0.717, 1.165) is 0 Å². The van der Waals surface area contributed by atoms with Crippen molar-refractivity contribution in [2.45, 2.75) is 15.7 Å². The highest BCUT2D eigenvalue weighted by atomic mass is 127. The average molecular weight is 482 g/mol. The van der Waals surface area contributed by atoms with Crippen LogP contribution in [0.2, 0.25) is 0 Å². The molecule has 10 nitrogen and oxygen atoms in total. The summed E-state index contributed by atoms with van der Waals surface area (Å²) in [7, 11) is -4.78. The minimum absolute atomic E-state index is 0.0490. The molecule has 0 bridgehead atoms. The smallest absolute Gasteiger partial charge is 0.337 e. The molecule has 0 aliphatic carbocycles. The highest BCUT2D eigenvalue weighted by Gasteiger charge is 2.49. The summed E-state index contributed by atoms with van der Waals surface area (Å²) in [5, 5.41) is 9.40. The number of carboxylic acid groups (broad SMARTS) is 1. The fourth-order valence-electron chi connectivity index (χ4n) is 2.18. The van der Waals surface area contributed by atoms with Crippen LogP contribution in [0.1, 0.15) is 16.8 Å². The first-order valence-electron chi connectivity index (χ1n) is 6.63. The van der Waals surface area contributed by atoms with Crippen LogP contribution in [0.3, 0.4) is 0 Å². The topological polar surface area (TPSA) is 158 Å². The summed E-state index contributed by atoms with van der Waals surface area (Å²) in [4.78, 5) is 47.7. The summed E-state index contributed by atoms with van der Waals surface area (Å²) >= 11 is 1.44. The molecule has 3 amide bonds. The Morgan fingerprint density at radius 1 is 1.28 bits per heavy atom. The molecule has 1 aliphatic rings. The van der Waals surface area contributed by atoms with Crippen molar-refractivity contribution < 1.29 is 37.3 Å². The zero-order valence-corrected chi connectivity index (χ0v) is 15.2. The molecule has 1 fully saturated rings. The van der Waals surface area contributed by atoms with Gasteiger partial charge in [0.15, 0.2) is 9.30 Å². The highest BCUT2D eigenvalue weighted by Crippen LogP contribution is 2.25. The molecule has 25 heavy (non-hydrogen) atoms. The Bertz CT molecular complexity index is 869. The Morgan fingerprint density at radius 3 is 2.40 bits per heavy atom. The van der Waals surface area contributed by atoms with Gasteiger partial charge in [-0.2, -0.15) is 8.42 Å². The summed E-state index contributed by atoms with van der Waals surface area (Å²) in [5.74, 6) is -4.34. The van der Waals surface area contributed by atoms with Gasteiger partial charge < -0.3 is 10.4 Å². The van der Waals surface area contributed by atoms with E-state index in [1.807, 2.05) is 0 Å². The van der Waals surface area contributed by atoms with E-state index in [1.54, 1.807) is 0 Å². The van der Waals surface area contributed by atoms with Crippen LogP contribution in [0.25, 0.3) is 0 Å². The van der Waals surface area contributed by atoms with E-state index >= 15 is 0 Å². The summed E-state index contributed by atoms with van der Waals surface area (Å²) in [6, 6.07) is 5.50. The predicted octanol–water partition coefficient (Wildman–Crippen LogP) is 0.0997. The van der Waals surface area contributed by atoms with Crippen molar-refractivity contribution in [3.63, 3.8) is 0 Å². The number of likely N-dealkylation sites (tertiary alicyclic amines) is 1. The molecule has 134 valence electrons. The van der Waals surface area contributed by atoms with Crippen LogP contribution < -0.4 is 5.32 Å². The van der Waals surface area contributed by atoms with Crippen molar-refractivity contribution in [1.82, 2.24) is 4.90 Å². The molecule has 0 saturated carbocycles. The highest BCUT2D eigenvalue weighted by molar-refractivity contribution is 14.1. The molecule has 2 atom stereocenters. The number of alkyl halides is 1. The van der Waals surface area contributed by atoms with Gasteiger partial charge in [-0.05, 0) is 34.7 Å². The lowest BCUT2D eigenvalue weighted by molar-refractivity contribution is -0.141. The standard InChI is InChI=1S/C13H11IN2O8S/c14-10(16-9(17)5-8(12(16)19)25(22,23)24)11(18)15-7-4-2-1-3-6(7)13(20)21/h1-4,8,10H,5H2,(H,15,18)(H,20,21)(H,22,23,24). The lowest BCUT2D eigenvalue weighted by atomic mass is 10.2. The zero-order valence-electron chi connectivity index (χ0n) is 12.2. The number of para-hydroxylation sites is 1. The normalized spacial score (nSPS) is 19.0. The van der Waals surface area contributed by atoms with E-state index < -0.39 is 49.5 Å². The van der Waals surface area contributed by atoms with Crippen molar-refractivity contribution in [3.05, 3.63) is 29.8 Å². The van der Waals surface area contributed by atoms with Gasteiger partial charge in [-0.15, -0.1) is 0 Å². The monoisotopic (exact) mass is 482 g/mol. The number of carbonyl (C=O) groups excluding carboxylic acids is 3. The van der Waals surface area contributed by atoms with Crippen LogP contribution in [0, 0.1) is 0 Å². The maximum absolute atomic E-state index is 12.3. The van der Waals surface area contributed by atoms with E-state index in [4.69, 9.17) is 9.66 Å². The number of hydrogen-bond donors (Lipinski definition) is 3. The number of carboxylic acids is 1. The van der Waals surface area contributed by atoms with Crippen LogP contribution in [-0.4, -0.2) is 56.0 Å². The minimum atomic E-state index is -4.78. The van der Waals surface area contributed by atoms with Crippen LogP contribution in [0.15, 0.2) is 24.3 Å². The van der Waals surface area contributed by atoms with Crippen molar-refractivity contribution in [1.29, 1.82) is 0 Å². The molecule has 1 heterocycles. The Balaban J connectivity index is 2.22. The average Bonchev–Trinajstić information content (AvgIpc) is 2.81. The first-order valence-corrected chi connectivity index (χ1v) is 9.38. The number of aromatic carboxylic acids is 1. The lowest BCUT2D eigenvalue weighted by Crippen LogP contribution is -2.45. The van der Waals surface area contributed by atoms with Gasteiger partial charge >= 0.3 is 5.97 Å². The van der Waals surface area contributed by atoms with Gasteiger partial charge in [-0.3, -0.25) is 23.8 Å². The van der Waals surface area contributed by atoms with E-state index in [9.17, 15) is 27.6 Å². The lowest BCUT2D eigenvalue weighted by Gasteiger charge is -2.21. The van der Waals surface area contributed by atoms with Gasteiger partial charge in [0.2, 0.25) is 5.91 Å². The van der Waals surface area contributed by atoms with E-state index in [2.05, 4.69) is 5.32 Å². The second-order valence-corrected chi connectivity index (χ2v) is 7.76. The first kappa shape index (κ1) is 19.3. The number of rotatable bonds is 5. The Hall–Kier alpha value is -2.06. The molecule has 1 aromatic rings. The molecule has 0 aromatic heterocycles. The number of anilines is 1.